The van der Waals surface area contributed by atoms with E-state index in [9.17, 15) is 4.79 Å². The van der Waals surface area contributed by atoms with E-state index in [4.69, 9.17) is 9.15 Å². The Morgan fingerprint density at radius 2 is 2.19 bits per heavy atom. The lowest BCUT2D eigenvalue weighted by Crippen LogP contribution is -1.96. The molecule has 0 aliphatic rings. The summed E-state index contributed by atoms with van der Waals surface area (Å²) in [6, 6.07) is 5.34. The van der Waals surface area contributed by atoms with Gasteiger partial charge in [-0.2, -0.15) is 0 Å². The van der Waals surface area contributed by atoms with Crippen molar-refractivity contribution >= 4 is 48.6 Å². The van der Waals surface area contributed by atoms with Gasteiger partial charge in [0, 0.05) is 5.39 Å². The minimum atomic E-state index is -0.0814. The Balaban J connectivity index is 2.61. The second kappa shape index (κ2) is 4.59. The van der Waals surface area contributed by atoms with Crippen molar-refractivity contribution < 1.29 is 13.9 Å². The third-order valence-corrected chi connectivity index (χ3v) is 3.27. The van der Waals surface area contributed by atoms with Crippen molar-refractivity contribution in [2.24, 2.45) is 0 Å². The van der Waals surface area contributed by atoms with Gasteiger partial charge in [-0.05, 0) is 34.1 Å². The van der Waals surface area contributed by atoms with E-state index in [1.54, 1.807) is 19.2 Å². The molecule has 84 valence electrons. The van der Waals surface area contributed by atoms with Crippen LogP contribution in [0, 0.1) is 0 Å². The van der Waals surface area contributed by atoms with E-state index in [2.05, 4.69) is 31.9 Å². The maximum Gasteiger partial charge on any atom is 0.208 e. The molecule has 5 heteroatoms. The number of ketones is 1. The minimum absolute atomic E-state index is 0.0814. The lowest BCUT2D eigenvalue weighted by molar-refractivity contribution is 0.0995. The number of carbonyl (C=O) groups excluding carboxylic acids is 1. The second-order valence-corrected chi connectivity index (χ2v) is 4.61. The van der Waals surface area contributed by atoms with Gasteiger partial charge in [0.15, 0.2) is 5.76 Å². The molecule has 0 saturated carbocycles. The van der Waals surface area contributed by atoms with Gasteiger partial charge in [0.1, 0.15) is 11.3 Å². The number of fused-ring (bicyclic) bond motifs is 1. The molecule has 1 aromatic heterocycles. The molecular formula is C11H8Br2O3. The predicted octanol–water partition coefficient (Wildman–Crippen LogP) is 3.78. The maximum absolute atomic E-state index is 11.5. The highest BCUT2D eigenvalue weighted by atomic mass is 79.9. The highest BCUT2D eigenvalue weighted by Crippen LogP contribution is 2.32. The largest absolute Gasteiger partial charge is 0.497 e. The fourth-order valence-electron chi connectivity index (χ4n) is 1.41. The third-order valence-electron chi connectivity index (χ3n) is 2.18. The Morgan fingerprint density at radius 1 is 1.44 bits per heavy atom. The summed E-state index contributed by atoms with van der Waals surface area (Å²) in [6.45, 7) is 0. The van der Waals surface area contributed by atoms with Crippen LogP contribution < -0.4 is 4.74 Å². The van der Waals surface area contributed by atoms with Crippen molar-refractivity contribution in [3.05, 3.63) is 28.4 Å². The van der Waals surface area contributed by atoms with Crippen LogP contribution >= 0.6 is 31.9 Å². The number of hydrogen-bond donors (Lipinski definition) is 0. The standard InChI is InChI=1S/C11H8Br2O3/c1-15-7-2-6-3-10(9(14)5-12)16-11(6)8(13)4-7/h2-4H,5H2,1H3. The summed E-state index contributed by atoms with van der Waals surface area (Å²) < 4.78 is 11.4. The van der Waals surface area contributed by atoms with Crippen LogP contribution in [0.15, 0.2) is 27.1 Å². The predicted molar refractivity (Wildman–Crippen MR) is 68.6 cm³/mol. The molecule has 16 heavy (non-hydrogen) atoms. The normalized spacial score (nSPS) is 10.7. The Bertz CT molecular complexity index is 545. The average Bonchev–Trinajstić information content (AvgIpc) is 2.72. The molecule has 0 fully saturated rings. The third kappa shape index (κ3) is 2.01. The van der Waals surface area contributed by atoms with Crippen LogP contribution in [0.2, 0.25) is 0 Å². The van der Waals surface area contributed by atoms with Gasteiger partial charge in [0.05, 0.1) is 16.9 Å². The fraction of sp³-hybridized carbons (Fsp3) is 0.182. The molecule has 3 nitrogen and oxygen atoms in total. The lowest BCUT2D eigenvalue weighted by Gasteiger charge is -1.99. The first-order chi connectivity index (χ1) is 7.65. The topological polar surface area (TPSA) is 39.4 Å². The van der Waals surface area contributed by atoms with Gasteiger partial charge in [-0.25, -0.2) is 0 Å². The van der Waals surface area contributed by atoms with E-state index in [-0.39, 0.29) is 11.1 Å². The van der Waals surface area contributed by atoms with E-state index in [1.165, 1.54) is 0 Å². The Kier molecular flexibility index (Phi) is 3.35. The summed E-state index contributed by atoms with van der Waals surface area (Å²) in [5, 5.41) is 1.09. The van der Waals surface area contributed by atoms with Crippen LogP contribution in [0.4, 0.5) is 0 Å². The van der Waals surface area contributed by atoms with Crippen molar-refractivity contribution in [3.8, 4) is 5.75 Å². The van der Waals surface area contributed by atoms with Crippen molar-refractivity contribution in [2.45, 2.75) is 0 Å². The molecule has 1 heterocycles. The molecule has 0 spiro atoms. The van der Waals surface area contributed by atoms with Crippen molar-refractivity contribution in [1.82, 2.24) is 0 Å². The summed E-state index contributed by atoms with van der Waals surface area (Å²) in [5.41, 5.74) is 0.658. The van der Waals surface area contributed by atoms with Crippen molar-refractivity contribution in [2.75, 3.05) is 12.4 Å². The summed E-state index contributed by atoms with van der Waals surface area (Å²) in [7, 11) is 1.60. The molecule has 2 aromatic rings. The molecule has 0 aliphatic heterocycles. The van der Waals surface area contributed by atoms with E-state index < -0.39 is 0 Å². The minimum Gasteiger partial charge on any atom is -0.497 e. The van der Waals surface area contributed by atoms with Crippen LogP contribution in [-0.4, -0.2) is 18.2 Å². The van der Waals surface area contributed by atoms with Gasteiger partial charge >= 0.3 is 0 Å². The number of furan rings is 1. The van der Waals surface area contributed by atoms with E-state index >= 15 is 0 Å². The highest BCUT2D eigenvalue weighted by molar-refractivity contribution is 9.10. The average molecular weight is 348 g/mol. The number of halogens is 2. The van der Waals surface area contributed by atoms with Crippen LogP contribution in [0.3, 0.4) is 0 Å². The van der Waals surface area contributed by atoms with Crippen LogP contribution in [0.1, 0.15) is 10.6 Å². The van der Waals surface area contributed by atoms with Gasteiger partial charge in [-0.15, -0.1) is 0 Å². The summed E-state index contributed by atoms with van der Waals surface area (Å²) in [5.74, 6) is 0.987. The van der Waals surface area contributed by atoms with Gasteiger partial charge in [0.2, 0.25) is 5.78 Å². The van der Waals surface area contributed by atoms with Crippen LogP contribution in [-0.2, 0) is 0 Å². The van der Waals surface area contributed by atoms with Gasteiger partial charge < -0.3 is 9.15 Å². The molecule has 0 saturated heterocycles. The number of benzene rings is 1. The first-order valence-electron chi connectivity index (χ1n) is 4.52. The first kappa shape index (κ1) is 11.7. The van der Waals surface area contributed by atoms with Gasteiger partial charge in [0.25, 0.3) is 0 Å². The number of alkyl halides is 1. The zero-order valence-electron chi connectivity index (χ0n) is 8.42. The monoisotopic (exact) mass is 346 g/mol. The molecule has 0 unspecified atom stereocenters. The summed E-state index contributed by atoms with van der Waals surface area (Å²) in [4.78, 5) is 11.5. The second-order valence-electron chi connectivity index (χ2n) is 3.20. The lowest BCUT2D eigenvalue weighted by atomic mass is 10.2. The maximum atomic E-state index is 11.5. The Morgan fingerprint density at radius 3 is 2.81 bits per heavy atom. The fourth-order valence-corrected chi connectivity index (χ4v) is 2.22. The molecule has 0 amide bonds. The molecular weight excluding hydrogens is 340 g/mol. The van der Waals surface area contributed by atoms with Gasteiger partial charge in [-0.1, -0.05) is 15.9 Å². The Labute approximate surface area is 109 Å². The molecule has 0 N–H and O–H groups in total. The zero-order chi connectivity index (χ0) is 11.7. The zero-order valence-corrected chi connectivity index (χ0v) is 11.6. The smallest absolute Gasteiger partial charge is 0.208 e. The molecule has 1 aromatic carbocycles. The number of ether oxygens (including phenoxy) is 1. The number of methoxy groups -OCH3 is 1. The number of hydrogen-bond acceptors (Lipinski definition) is 3. The van der Waals surface area contributed by atoms with Crippen molar-refractivity contribution in [3.63, 3.8) is 0 Å². The molecule has 0 atom stereocenters. The van der Waals surface area contributed by atoms with Crippen LogP contribution in [0.25, 0.3) is 11.0 Å². The number of rotatable bonds is 3. The summed E-state index contributed by atoms with van der Waals surface area (Å²) >= 11 is 6.49. The SMILES string of the molecule is COc1cc(Br)c2oc(C(=O)CBr)cc2c1. The van der Waals surface area contributed by atoms with Crippen LogP contribution in [0.5, 0.6) is 5.75 Å². The Hall–Kier alpha value is -0.810. The highest BCUT2D eigenvalue weighted by Gasteiger charge is 2.13. The summed E-state index contributed by atoms with van der Waals surface area (Å²) in [6.07, 6.45) is 0. The number of carbonyl (C=O) groups is 1. The molecule has 2 rings (SSSR count). The van der Waals surface area contributed by atoms with Crippen molar-refractivity contribution in [1.29, 1.82) is 0 Å². The first-order valence-corrected chi connectivity index (χ1v) is 6.43. The number of Topliss-reactive ketones (excluding diaryl/α,β-unsaturated/α-hetero) is 1. The quantitative estimate of drug-likeness (QED) is 0.626. The molecule has 0 aliphatic carbocycles. The molecule has 0 bridgehead atoms. The van der Waals surface area contributed by atoms with E-state index in [0.717, 1.165) is 15.6 Å². The van der Waals surface area contributed by atoms with E-state index in [0.29, 0.717) is 11.3 Å². The van der Waals surface area contributed by atoms with E-state index in [1.807, 2.05) is 6.07 Å². The van der Waals surface area contributed by atoms with Gasteiger partial charge in [-0.3, -0.25) is 4.79 Å². The molecule has 0 radical (unpaired) electrons.